The van der Waals surface area contributed by atoms with E-state index in [1.54, 1.807) is 6.07 Å². The summed E-state index contributed by atoms with van der Waals surface area (Å²) in [5.74, 6) is -1.47. The van der Waals surface area contributed by atoms with Gasteiger partial charge in [-0.1, -0.05) is 41.5 Å². The van der Waals surface area contributed by atoms with Gasteiger partial charge in [0.25, 0.3) is 0 Å². The van der Waals surface area contributed by atoms with E-state index >= 15 is 0 Å². The molecule has 0 amide bonds. The average molecular weight is 252 g/mol. The van der Waals surface area contributed by atoms with Crippen molar-refractivity contribution in [2.45, 2.75) is 52.4 Å². The lowest BCUT2D eigenvalue weighted by molar-refractivity contribution is 0.0651. The van der Waals surface area contributed by atoms with Gasteiger partial charge in [-0.05, 0) is 16.9 Å². The van der Waals surface area contributed by atoms with E-state index in [1.165, 1.54) is 0 Å². The number of carboxylic acids is 1. The fourth-order valence-corrected chi connectivity index (χ4v) is 1.71. The van der Waals surface area contributed by atoms with E-state index in [9.17, 15) is 9.59 Å². The van der Waals surface area contributed by atoms with Gasteiger partial charge in [-0.3, -0.25) is 0 Å². The molecule has 4 nitrogen and oxygen atoms in total. The summed E-state index contributed by atoms with van der Waals surface area (Å²) in [4.78, 5) is 23.0. The van der Waals surface area contributed by atoms with Gasteiger partial charge in [0.2, 0.25) is 5.76 Å². The van der Waals surface area contributed by atoms with Gasteiger partial charge in [0.1, 0.15) is 0 Å². The van der Waals surface area contributed by atoms with Gasteiger partial charge < -0.3 is 9.52 Å². The molecule has 1 heterocycles. The number of carboxylic acid groups (broad SMARTS) is 1. The molecule has 0 atom stereocenters. The number of aromatic carboxylic acids is 1. The Morgan fingerprint density at radius 1 is 1.06 bits per heavy atom. The Balaban J connectivity index is 3.68. The van der Waals surface area contributed by atoms with E-state index in [-0.39, 0.29) is 11.2 Å². The predicted molar refractivity (Wildman–Crippen MR) is 69.3 cm³/mol. The van der Waals surface area contributed by atoms with Crippen molar-refractivity contribution < 1.29 is 14.3 Å². The van der Waals surface area contributed by atoms with E-state index in [0.717, 1.165) is 0 Å². The van der Waals surface area contributed by atoms with Crippen molar-refractivity contribution in [3.05, 3.63) is 33.4 Å². The molecule has 0 unspecified atom stereocenters. The summed E-state index contributed by atoms with van der Waals surface area (Å²) in [6.07, 6.45) is 0. The molecule has 4 heteroatoms. The molecular formula is C14H20O4. The van der Waals surface area contributed by atoms with Crippen LogP contribution in [-0.4, -0.2) is 11.1 Å². The van der Waals surface area contributed by atoms with Gasteiger partial charge in [-0.25, -0.2) is 9.59 Å². The van der Waals surface area contributed by atoms with Crippen LogP contribution in [0.4, 0.5) is 0 Å². The average Bonchev–Trinajstić information content (AvgIpc) is 2.12. The van der Waals surface area contributed by atoms with Gasteiger partial charge in [-0.2, -0.15) is 0 Å². The van der Waals surface area contributed by atoms with Crippen LogP contribution in [0, 0.1) is 0 Å². The Kier molecular flexibility index (Phi) is 3.43. The SMILES string of the molecule is CC(C)(C)c1cc(C(C)(C)C)c(=O)oc1C(=O)O. The van der Waals surface area contributed by atoms with Crippen LogP contribution < -0.4 is 5.63 Å². The van der Waals surface area contributed by atoms with Crippen molar-refractivity contribution in [1.82, 2.24) is 0 Å². The predicted octanol–water partition coefficient (Wildman–Crippen LogP) is 2.93. The summed E-state index contributed by atoms with van der Waals surface area (Å²) in [6.45, 7) is 11.4. The third kappa shape index (κ3) is 2.81. The van der Waals surface area contributed by atoms with E-state index in [1.807, 2.05) is 41.5 Å². The second-order valence-electron chi connectivity index (χ2n) is 6.50. The molecular weight excluding hydrogens is 232 g/mol. The topological polar surface area (TPSA) is 67.5 Å². The molecule has 1 rings (SSSR count). The standard InChI is InChI=1S/C14H20O4/c1-13(2,3)8-7-9(14(4,5)6)12(17)18-10(8)11(15)16/h7H,1-6H3,(H,15,16). The molecule has 0 aliphatic carbocycles. The minimum atomic E-state index is -1.21. The van der Waals surface area contributed by atoms with Gasteiger partial charge >= 0.3 is 11.6 Å². The Morgan fingerprint density at radius 2 is 1.50 bits per heavy atom. The molecule has 0 aromatic carbocycles. The normalized spacial score (nSPS) is 12.6. The number of hydrogen-bond donors (Lipinski definition) is 1. The molecule has 18 heavy (non-hydrogen) atoms. The quantitative estimate of drug-likeness (QED) is 0.834. The summed E-state index contributed by atoms with van der Waals surface area (Å²) < 4.78 is 5.00. The second kappa shape index (κ2) is 4.26. The van der Waals surface area contributed by atoms with Crippen molar-refractivity contribution in [2.75, 3.05) is 0 Å². The zero-order valence-corrected chi connectivity index (χ0v) is 11.7. The van der Waals surface area contributed by atoms with Crippen molar-refractivity contribution in [3.63, 3.8) is 0 Å². The lowest BCUT2D eigenvalue weighted by Crippen LogP contribution is -2.27. The van der Waals surface area contributed by atoms with Crippen molar-refractivity contribution in [3.8, 4) is 0 Å². The highest BCUT2D eigenvalue weighted by molar-refractivity contribution is 5.86. The highest BCUT2D eigenvalue weighted by Gasteiger charge is 2.29. The molecule has 0 fully saturated rings. The summed E-state index contributed by atoms with van der Waals surface area (Å²) in [7, 11) is 0. The van der Waals surface area contributed by atoms with E-state index < -0.39 is 17.0 Å². The van der Waals surface area contributed by atoms with Crippen LogP contribution in [0.25, 0.3) is 0 Å². The number of rotatable bonds is 1. The largest absolute Gasteiger partial charge is 0.475 e. The first-order valence-corrected chi connectivity index (χ1v) is 5.87. The molecule has 0 saturated heterocycles. The van der Waals surface area contributed by atoms with Crippen LogP contribution in [-0.2, 0) is 10.8 Å². The van der Waals surface area contributed by atoms with Crippen LogP contribution in [0.3, 0.4) is 0 Å². The smallest absolute Gasteiger partial charge is 0.372 e. The zero-order valence-electron chi connectivity index (χ0n) is 11.7. The molecule has 0 aliphatic heterocycles. The van der Waals surface area contributed by atoms with E-state index in [2.05, 4.69) is 0 Å². The van der Waals surface area contributed by atoms with Gasteiger partial charge in [-0.15, -0.1) is 0 Å². The summed E-state index contributed by atoms with van der Waals surface area (Å²) in [5, 5.41) is 9.11. The first kappa shape index (κ1) is 14.5. The monoisotopic (exact) mass is 252 g/mol. The molecule has 1 aromatic rings. The first-order chi connectivity index (χ1) is 7.94. The maximum atomic E-state index is 11.8. The Hall–Kier alpha value is -1.58. The molecule has 0 radical (unpaired) electrons. The van der Waals surface area contributed by atoms with Crippen LogP contribution in [0.15, 0.2) is 15.3 Å². The number of carbonyl (C=O) groups is 1. The zero-order chi connectivity index (χ0) is 14.3. The second-order valence-corrected chi connectivity index (χ2v) is 6.50. The summed E-state index contributed by atoms with van der Waals surface area (Å²) >= 11 is 0. The molecule has 0 bridgehead atoms. The molecule has 100 valence electrons. The van der Waals surface area contributed by atoms with Crippen molar-refractivity contribution in [1.29, 1.82) is 0 Å². The molecule has 0 saturated carbocycles. The maximum absolute atomic E-state index is 11.8. The lowest BCUT2D eigenvalue weighted by Gasteiger charge is -2.24. The van der Waals surface area contributed by atoms with Crippen LogP contribution >= 0.6 is 0 Å². The maximum Gasteiger partial charge on any atom is 0.372 e. The summed E-state index contributed by atoms with van der Waals surface area (Å²) in [6, 6.07) is 1.66. The molecule has 0 spiro atoms. The third-order valence-corrected chi connectivity index (χ3v) is 2.76. The minimum absolute atomic E-state index is 0.263. The Bertz CT molecular complexity index is 524. The van der Waals surface area contributed by atoms with E-state index in [4.69, 9.17) is 9.52 Å². The van der Waals surface area contributed by atoms with Crippen LogP contribution in [0.2, 0.25) is 0 Å². The van der Waals surface area contributed by atoms with Crippen LogP contribution in [0.5, 0.6) is 0 Å². The highest BCUT2D eigenvalue weighted by atomic mass is 16.4. The van der Waals surface area contributed by atoms with Crippen molar-refractivity contribution in [2.24, 2.45) is 0 Å². The molecule has 0 aliphatic rings. The third-order valence-electron chi connectivity index (χ3n) is 2.76. The van der Waals surface area contributed by atoms with Gasteiger partial charge in [0, 0.05) is 11.1 Å². The number of hydrogen-bond acceptors (Lipinski definition) is 3. The lowest BCUT2D eigenvalue weighted by atomic mass is 9.81. The van der Waals surface area contributed by atoms with Gasteiger partial charge in [0.15, 0.2) is 0 Å². The molecule has 1 N–H and O–H groups in total. The van der Waals surface area contributed by atoms with E-state index in [0.29, 0.717) is 11.1 Å². The molecule has 1 aromatic heterocycles. The fraction of sp³-hybridized carbons (Fsp3) is 0.571. The minimum Gasteiger partial charge on any atom is -0.475 e. The van der Waals surface area contributed by atoms with Gasteiger partial charge in [0.05, 0.1) is 0 Å². The Morgan fingerprint density at radius 3 is 1.83 bits per heavy atom. The fourth-order valence-electron chi connectivity index (χ4n) is 1.71. The highest BCUT2D eigenvalue weighted by Crippen LogP contribution is 2.29. The van der Waals surface area contributed by atoms with Crippen LogP contribution in [0.1, 0.15) is 63.2 Å². The first-order valence-electron chi connectivity index (χ1n) is 5.87. The van der Waals surface area contributed by atoms with Crippen molar-refractivity contribution >= 4 is 5.97 Å². The Labute approximate surface area is 107 Å². The summed E-state index contributed by atoms with van der Waals surface area (Å²) in [5.41, 5.74) is -0.312.